The van der Waals surface area contributed by atoms with Crippen LogP contribution >= 0.6 is 0 Å². The Morgan fingerprint density at radius 1 is 1.67 bits per heavy atom. The molecule has 1 atom stereocenters. The molecule has 0 spiro atoms. The van der Waals surface area contributed by atoms with E-state index in [4.69, 9.17) is 10.2 Å². The van der Waals surface area contributed by atoms with Crippen LogP contribution in [0.25, 0.3) is 0 Å². The van der Waals surface area contributed by atoms with Gasteiger partial charge in [0, 0.05) is 0 Å². The summed E-state index contributed by atoms with van der Waals surface area (Å²) in [6, 6.07) is 0. The minimum atomic E-state index is -1.49. The van der Waals surface area contributed by atoms with E-state index in [0.717, 1.165) is 0 Å². The van der Waals surface area contributed by atoms with Crippen molar-refractivity contribution in [1.29, 1.82) is 0 Å². The van der Waals surface area contributed by atoms with Crippen molar-refractivity contribution in [3.8, 4) is 0 Å². The number of primary amides is 1. The van der Waals surface area contributed by atoms with Gasteiger partial charge in [-0.3, -0.25) is 4.79 Å². The Morgan fingerprint density at radius 3 is 2.00 bits per heavy atom. The van der Waals surface area contributed by atoms with Gasteiger partial charge in [0.2, 0.25) is 5.91 Å². The molecule has 0 aromatic heterocycles. The van der Waals surface area contributed by atoms with E-state index in [1.54, 1.807) is 0 Å². The maximum absolute atomic E-state index is 10.2. The third kappa shape index (κ3) is 2.43. The van der Waals surface area contributed by atoms with Gasteiger partial charge in [-0.1, -0.05) is 0 Å². The molecule has 4 N–H and O–H groups in total. The van der Waals surface area contributed by atoms with Crippen molar-refractivity contribution >= 4 is 5.91 Å². The molecule has 0 bridgehead atoms. The quantitative estimate of drug-likeness (QED) is 0.433. The Morgan fingerprint density at radius 2 is 2.00 bits per heavy atom. The van der Waals surface area contributed by atoms with Crippen LogP contribution in [-0.2, 0) is 4.79 Å². The Hall–Kier alpha value is -0.610. The van der Waals surface area contributed by atoms with Crippen LogP contribution in [0.2, 0.25) is 0 Å². The molecule has 1 amide bonds. The molecule has 0 saturated heterocycles. The molecule has 0 aliphatic heterocycles. The van der Waals surface area contributed by atoms with Gasteiger partial charge in [-0.2, -0.15) is 0 Å². The van der Waals surface area contributed by atoms with E-state index in [1.807, 2.05) is 0 Å². The van der Waals surface area contributed by atoms with Crippen molar-refractivity contribution < 1.29 is 15.0 Å². The molecule has 0 fully saturated rings. The third-order valence-electron chi connectivity index (χ3n) is 0.939. The molecular weight excluding hydrogens is 122 g/mol. The lowest BCUT2D eigenvalue weighted by Crippen LogP contribution is -2.45. The Balaban J connectivity index is 4.04. The van der Waals surface area contributed by atoms with Gasteiger partial charge in [0.15, 0.2) is 6.10 Å². The second-order valence-electron chi connectivity index (χ2n) is 2.46. The first-order valence-electron chi connectivity index (χ1n) is 2.55. The topological polar surface area (TPSA) is 83.6 Å². The van der Waals surface area contributed by atoms with Crippen LogP contribution < -0.4 is 5.73 Å². The zero-order valence-electron chi connectivity index (χ0n) is 5.46. The molecule has 54 valence electrons. The highest BCUT2D eigenvalue weighted by Gasteiger charge is 2.28. The number of aliphatic hydroxyl groups is 2. The molecule has 0 unspecified atom stereocenters. The lowest BCUT2D eigenvalue weighted by atomic mass is 10.0. The van der Waals surface area contributed by atoms with Gasteiger partial charge < -0.3 is 15.9 Å². The highest BCUT2D eigenvalue weighted by Crippen LogP contribution is 2.06. The SMILES string of the molecule is CC(C)(O)[C@H](O)C(N)=O. The van der Waals surface area contributed by atoms with Crippen molar-refractivity contribution in [3.05, 3.63) is 0 Å². The van der Waals surface area contributed by atoms with Crippen LogP contribution in [0.15, 0.2) is 0 Å². The normalized spacial score (nSPS) is 15.1. The number of carbonyl (C=O) groups excluding carboxylic acids is 1. The number of nitrogens with two attached hydrogens (primary N) is 1. The molecule has 0 radical (unpaired) electrons. The molecule has 4 nitrogen and oxygen atoms in total. The summed E-state index contributed by atoms with van der Waals surface area (Å²) < 4.78 is 0. The number of aliphatic hydroxyl groups excluding tert-OH is 1. The molecule has 4 heteroatoms. The highest BCUT2D eigenvalue weighted by atomic mass is 16.3. The van der Waals surface area contributed by atoms with E-state index < -0.39 is 17.6 Å². The van der Waals surface area contributed by atoms with E-state index in [0.29, 0.717) is 0 Å². The smallest absolute Gasteiger partial charge is 0.249 e. The summed E-state index contributed by atoms with van der Waals surface area (Å²) >= 11 is 0. The van der Waals surface area contributed by atoms with Gasteiger partial charge in [0.05, 0.1) is 5.60 Å². The van der Waals surface area contributed by atoms with Crippen LogP contribution in [0.4, 0.5) is 0 Å². The summed E-state index contributed by atoms with van der Waals surface area (Å²) in [6.45, 7) is 2.62. The van der Waals surface area contributed by atoms with E-state index in [2.05, 4.69) is 5.73 Å². The van der Waals surface area contributed by atoms with Gasteiger partial charge in [-0.15, -0.1) is 0 Å². The highest BCUT2D eigenvalue weighted by molar-refractivity contribution is 5.79. The molecule has 0 aliphatic carbocycles. The number of hydrogen-bond acceptors (Lipinski definition) is 3. The fraction of sp³-hybridized carbons (Fsp3) is 0.800. The van der Waals surface area contributed by atoms with Gasteiger partial charge in [0.1, 0.15) is 0 Å². The first-order valence-corrected chi connectivity index (χ1v) is 2.55. The van der Waals surface area contributed by atoms with Gasteiger partial charge in [0.25, 0.3) is 0 Å². The first-order chi connectivity index (χ1) is 3.85. The second-order valence-corrected chi connectivity index (χ2v) is 2.46. The summed E-state index contributed by atoms with van der Waals surface area (Å²) in [5.41, 5.74) is 3.23. The van der Waals surface area contributed by atoms with E-state index in [9.17, 15) is 4.79 Å². The van der Waals surface area contributed by atoms with Gasteiger partial charge in [-0.25, -0.2) is 0 Å². The van der Waals surface area contributed by atoms with Crippen LogP contribution in [0, 0.1) is 0 Å². The molecular formula is C5H11NO3. The summed E-state index contributed by atoms with van der Waals surface area (Å²) in [4.78, 5) is 10.2. The monoisotopic (exact) mass is 133 g/mol. The van der Waals surface area contributed by atoms with E-state index in [-0.39, 0.29) is 0 Å². The Bertz CT molecular complexity index is 116. The average molecular weight is 133 g/mol. The number of carbonyl (C=O) groups is 1. The number of rotatable bonds is 2. The van der Waals surface area contributed by atoms with Gasteiger partial charge >= 0.3 is 0 Å². The van der Waals surface area contributed by atoms with Crippen LogP contribution in [0.5, 0.6) is 0 Å². The zero-order chi connectivity index (χ0) is 7.65. The van der Waals surface area contributed by atoms with Crippen LogP contribution in [0.1, 0.15) is 13.8 Å². The fourth-order valence-electron chi connectivity index (χ4n) is 0.348. The molecule has 0 rings (SSSR count). The predicted octanol–water partition coefficient (Wildman–Crippen LogP) is -1.40. The third-order valence-corrected chi connectivity index (χ3v) is 0.939. The Kier molecular flexibility index (Phi) is 2.17. The summed E-state index contributed by atoms with van der Waals surface area (Å²) in [5.74, 6) is -0.914. The summed E-state index contributed by atoms with van der Waals surface area (Å²) in [5, 5.41) is 17.6. The first kappa shape index (κ1) is 8.39. The lowest BCUT2D eigenvalue weighted by Gasteiger charge is -2.20. The largest absolute Gasteiger partial charge is 0.387 e. The fourth-order valence-corrected chi connectivity index (χ4v) is 0.348. The second kappa shape index (κ2) is 2.33. The van der Waals surface area contributed by atoms with Gasteiger partial charge in [-0.05, 0) is 13.8 Å². The maximum atomic E-state index is 10.2. The minimum Gasteiger partial charge on any atom is -0.387 e. The van der Waals surface area contributed by atoms with E-state index >= 15 is 0 Å². The lowest BCUT2D eigenvalue weighted by molar-refractivity contribution is -0.138. The average Bonchev–Trinajstić information content (AvgIpc) is 1.62. The molecule has 0 aliphatic rings. The summed E-state index contributed by atoms with van der Waals surface area (Å²) in [6.07, 6.45) is -1.49. The standard InChI is InChI=1S/C5H11NO3/c1-5(2,9)3(7)4(6)8/h3,7,9H,1-2H3,(H2,6,8)/t3-/m1/s1. The number of hydrogen-bond donors (Lipinski definition) is 3. The van der Waals surface area contributed by atoms with Crippen molar-refractivity contribution in [3.63, 3.8) is 0 Å². The Labute approximate surface area is 53.3 Å². The molecule has 0 heterocycles. The number of amides is 1. The van der Waals surface area contributed by atoms with Crippen molar-refractivity contribution in [2.24, 2.45) is 5.73 Å². The van der Waals surface area contributed by atoms with Crippen LogP contribution in [0.3, 0.4) is 0 Å². The molecule has 9 heavy (non-hydrogen) atoms. The molecule has 0 aromatic rings. The zero-order valence-corrected chi connectivity index (χ0v) is 5.46. The predicted molar refractivity (Wildman–Crippen MR) is 31.5 cm³/mol. The molecule has 0 saturated carbocycles. The van der Waals surface area contributed by atoms with Crippen LogP contribution in [-0.4, -0.2) is 27.8 Å². The minimum absolute atomic E-state index is 0.914. The van der Waals surface area contributed by atoms with Crippen molar-refractivity contribution in [1.82, 2.24) is 0 Å². The van der Waals surface area contributed by atoms with Crippen molar-refractivity contribution in [2.75, 3.05) is 0 Å². The van der Waals surface area contributed by atoms with Crippen molar-refractivity contribution in [2.45, 2.75) is 25.6 Å². The maximum Gasteiger partial charge on any atom is 0.249 e. The summed E-state index contributed by atoms with van der Waals surface area (Å²) in [7, 11) is 0. The molecule has 0 aromatic carbocycles. The van der Waals surface area contributed by atoms with E-state index in [1.165, 1.54) is 13.8 Å².